The lowest BCUT2D eigenvalue weighted by molar-refractivity contribution is -0.143. The third-order valence-corrected chi connectivity index (χ3v) is 10.2. The Morgan fingerprint density at radius 2 is 2.05 bits per heavy atom. The van der Waals surface area contributed by atoms with Crippen molar-refractivity contribution in [1.82, 2.24) is 29.4 Å². The number of sulfonamides is 1. The van der Waals surface area contributed by atoms with Gasteiger partial charge in [0.25, 0.3) is 15.9 Å². The zero-order valence-corrected chi connectivity index (χ0v) is 25.0. The summed E-state index contributed by atoms with van der Waals surface area (Å²) >= 11 is 1.33. The number of hydrogen-bond acceptors (Lipinski definition) is 9. The van der Waals surface area contributed by atoms with Gasteiger partial charge in [-0.15, -0.1) is 17.8 Å². The van der Waals surface area contributed by atoms with E-state index < -0.39 is 27.9 Å². The van der Waals surface area contributed by atoms with E-state index in [0.717, 1.165) is 23.5 Å². The number of hydrogen-bond donors (Lipinski definition) is 2. The number of terminal acetylenes is 1. The fraction of sp³-hybridized carbons (Fsp3) is 0.429. The first-order valence-corrected chi connectivity index (χ1v) is 15.8. The van der Waals surface area contributed by atoms with Crippen LogP contribution in [0.5, 0.6) is 0 Å². The summed E-state index contributed by atoms with van der Waals surface area (Å²) in [6.45, 7) is 3.07. The van der Waals surface area contributed by atoms with E-state index in [0.29, 0.717) is 28.0 Å². The summed E-state index contributed by atoms with van der Waals surface area (Å²) in [5.74, 6) is 1.11. The molecule has 0 saturated carbocycles. The second kappa shape index (κ2) is 12.2. The van der Waals surface area contributed by atoms with Crippen molar-refractivity contribution in [2.45, 2.75) is 37.4 Å². The van der Waals surface area contributed by atoms with E-state index in [1.54, 1.807) is 25.1 Å². The van der Waals surface area contributed by atoms with Crippen molar-refractivity contribution >= 4 is 50.0 Å². The first-order valence-electron chi connectivity index (χ1n) is 13.6. The average Bonchev–Trinajstić information content (AvgIpc) is 3.60. The minimum atomic E-state index is -4.00. The van der Waals surface area contributed by atoms with E-state index in [1.165, 1.54) is 26.6 Å². The molecule has 1 fully saturated rings. The molecule has 42 heavy (non-hydrogen) atoms. The molecule has 3 aromatic rings. The number of nitrogens with one attached hydrogen (secondary N) is 2. The third kappa shape index (κ3) is 6.19. The van der Waals surface area contributed by atoms with Crippen LogP contribution in [0.15, 0.2) is 29.3 Å². The van der Waals surface area contributed by atoms with Crippen molar-refractivity contribution in [3.05, 3.63) is 45.4 Å². The predicted octanol–water partition coefficient (Wildman–Crippen LogP) is 1.18. The van der Waals surface area contributed by atoms with Crippen LogP contribution < -0.4 is 5.32 Å². The summed E-state index contributed by atoms with van der Waals surface area (Å²) in [6.07, 6.45) is 6.03. The Labute approximate surface area is 248 Å². The van der Waals surface area contributed by atoms with Gasteiger partial charge in [-0.05, 0) is 38.2 Å². The number of carbonyl (C=O) groups is 3. The SMILES string of the molecule is C#Cc1ccc2[nH]c(S(=O)(=O)N3CCN(C(=O)c4nc5c(s4)CN(C)CC5)C(CC(=O)NCC(=O)OCC)C3)cc2c1. The lowest BCUT2D eigenvalue weighted by Gasteiger charge is -2.40. The molecule has 4 heterocycles. The van der Waals surface area contributed by atoms with Gasteiger partial charge < -0.3 is 24.8 Å². The number of amides is 2. The van der Waals surface area contributed by atoms with Gasteiger partial charge >= 0.3 is 5.97 Å². The van der Waals surface area contributed by atoms with Crippen LogP contribution >= 0.6 is 11.3 Å². The van der Waals surface area contributed by atoms with Crippen LogP contribution in [-0.4, -0.2) is 103 Å². The summed E-state index contributed by atoms with van der Waals surface area (Å²) in [5.41, 5.74) is 2.15. The predicted molar refractivity (Wildman–Crippen MR) is 156 cm³/mol. The summed E-state index contributed by atoms with van der Waals surface area (Å²) in [5, 5.41) is 3.49. The first-order chi connectivity index (χ1) is 20.1. The normalized spacial score (nSPS) is 17.9. The lowest BCUT2D eigenvalue weighted by Crippen LogP contribution is -2.57. The summed E-state index contributed by atoms with van der Waals surface area (Å²) in [4.78, 5) is 50.6. The van der Waals surface area contributed by atoms with Crippen LogP contribution in [0.1, 0.15) is 39.3 Å². The smallest absolute Gasteiger partial charge is 0.325 e. The molecule has 0 radical (unpaired) electrons. The van der Waals surface area contributed by atoms with E-state index in [1.807, 2.05) is 7.05 Å². The Kier molecular flexibility index (Phi) is 8.65. The molecule has 0 aliphatic carbocycles. The van der Waals surface area contributed by atoms with E-state index in [-0.39, 0.29) is 50.1 Å². The summed E-state index contributed by atoms with van der Waals surface area (Å²) < 4.78 is 33.6. The Bertz CT molecular complexity index is 1670. The highest BCUT2D eigenvalue weighted by Crippen LogP contribution is 2.29. The molecule has 0 bridgehead atoms. The maximum atomic E-state index is 13.7. The van der Waals surface area contributed by atoms with Crippen molar-refractivity contribution in [2.24, 2.45) is 0 Å². The Hall–Kier alpha value is -3.77. The van der Waals surface area contributed by atoms with Crippen molar-refractivity contribution in [1.29, 1.82) is 0 Å². The quantitative estimate of drug-likeness (QED) is 0.285. The third-order valence-electron chi connectivity index (χ3n) is 7.35. The van der Waals surface area contributed by atoms with Crippen LogP contribution in [0.4, 0.5) is 0 Å². The molecule has 5 rings (SSSR count). The average molecular weight is 613 g/mol. The molecule has 222 valence electrons. The molecule has 2 N–H and O–H groups in total. The summed E-state index contributed by atoms with van der Waals surface area (Å²) in [7, 11) is -1.99. The highest BCUT2D eigenvalue weighted by Gasteiger charge is 2.39. The number of aromatic amines is 1. The van der Waals surface area contributed by atoms with Crippen molar-refractivity contribution in [3.8, 4) is 12.3 Å². The molecule has 1 atom stereocenters. The van der Waals surface area contributed by atoms with Crippen molar-refractivity contribution < 1.29 is 27.5 Å². The first kappa shape index (κ1) is 29.7. The maximum absolute atomic E-state index is 13.7. The van der Waals surface area contributed by atoms with Crippen LogP contribution in [0.3, 0.4) is 0 Å². The Morgan fingerprint density at radius 3 is 2.81 bits per heavy atom. The van der Waals surface area contributed by atoms with Crippen LogP contribution in [-0.2, 0) is 37.3 Å². The van der Waals surface area contributed by atoms with Gasteiger partial charge in [-0.2, -0.15) is 4.31 Å². The van der Waals surface area contributed by atoms with E-state index >= 15 is 0 Å². The molecule has 0 spiro atoms. The number of nitrogens with zero attached hydrogens (tertiary/aromatic N) is 4. The molecular formula is C28H32N6O6S2. The molecule has 2 aromatic heterocycles. The minimum absolute atomic E-state index is 0.00585. The number of carbonyl (C=O) groups excluding carboxylic acids is 3. The monoisotopic (exact) mass is 612 g/mol. The topological polar surface area (TPSA) is 145 Å². The molecule has 1 saturated heterocycles. The number of thiazole rings is 1. The van der Waals surface area contributed by atoms with Gasteiger partial charge in [-0.1, -0.05) is 5.92 Å². The molecule has 1 unspecified atom stereocenters. The minimum Gasteiger partial charge on any atom is -0.465 e. The number of benzene rings is 1. The molecule has 14 heteroatoms. The van der Waals surface area contributed by atoms with Crippen LogP contribution in [0.2, 0.25) is 0 Å². The standard InChI is InChI=1S/C28H32N6O6S2/c1-4-18-6-7-21-19(12-18)13-25(30-21)42(38,39)33-10-11-34(20(16-33)14-24(35)29-15-26(36)40-5-2)28(37)27-31-22-8-9-32(3)17-23(22)41-27/h1,6-7,12-13,20,30H,5,8-11,14-17H2,2-3H3,(H,29,35). The number of aromatic nitrogens is 2. The molecule has 2 aliphatic rings. The number of esters is 1. The van der Waals surface area contributed by atoms with Gasteiger partial charge in [0.1, 0.15) is 11.6 Å². The van der Waals surface area contributed by atoms with Gasteiger partial charge in [0.05, 0.1) is 18.3 Å². The molecular weight excluding hydrogens is 580 g/mol. The molecule has 2 aliphatic heterocycles. The zero-order chi connectivity index (χ0) is 30.0. The zero-order valence-electron chi connectivity index (χ0n) is 23.4. The molecule has 12 nitrogen and oxygen atoms in total. The molecule has 1 aromatic carbocycles. The highest BCUT2D eigenvalue weighted by molar-refractivity contribution is 7.89. The Balaban J connectivity index is 1.38. The number of fused-ring (bicyclic) bond motifs is 2. The van der Waals surface area contributed by atoms with Gasteiger partial charge in [0.15, 0.2) is 5.01 Å². The Morgan fingerprint density at radius 1 is 1.24 bits per heavy atom. The number of piperazine rings is 1. The van der Waals surface area contributed by atoms with Gasteiger partial charge in [-0.3, -0.25) is 14.4 Å². The number of likely N-dealkylation sites (N-methyl/N-ethyl adjacent to an activating group) is 1. The number of ether oxygens (including phenoxy) is 1. The van der Waals surface area contributed by atoms with E-state index in [2.05, 4.69) is 26.1 Å². The molecule has 2 amide bonds. The highest BCUT2D eigenvalue weighted by atomic mass is 32.2. The fourth-order valence-electron chi connectivity index (χ4n) is 5.17. The number of rotatable bonds is 8. The van der Waals surface area contributed by atoms with Crippen LogP contribution in [0, 0.1) is 12.3 Å². The van der Waals surface area contributed by atoms with E-state index in [9.17, 15) is 22.8 Å². The van der Waals surface area contributed by atoms with Crippen molar-refractivity contribution in [3.63, 3.8) is 0 Å². The lowest BCUT2D eigenvalue weighted by atomic mass is 10.1. The van der Waals surface area contributed by atoms with Gasteiger partial charge in [0.2, 0.25) is 5.91 Å². The van der Waals surface area contributed by atoms with E-state index in [4.69, 9.17) is 11.2 Å². The van der Waals surface area contributed by atoms with Gasteiger partial charge in [0, 0.05) is 66.9 Å². The van der Waals surface area contributed by atoms with Crippen LogP contribution in [0.25, 0.3) is 10.9 Å². The van der Waals surface area contributed by atoms with Gasteiger partial charge in [-0.25, -0.2) is 13.4 Å². The largest absolute Gasteiger partial charge is 0.465 e. The second-order valence-electron chi connectivity index (χ2n) is 10.3. The van der Waals surface area contributed by atoms with Crippen molar-refractivity contribution in [2.75, 3.05) is 46.4 Å². The second-order valence-corrected chi connectivity index (χ2v) is 13.2. The maximum Gasteiger partial charge on any atom is 0.325 e. The summed E-state index contributed by atoms with van der Waals surface area (Å²) in [6, 6.07) is 5.91. The fourth-order valence-corrected chi connectivity index (χ4v) is 7.80. The number of H-pyrrole nitrogens is 1.